The molecule has 2 aromatic carbocycles. The molecule has 8 heteroatoms. The van der Waals surface area contributed by atoms with Gasteiger partial charge in [0, 0.05) is 17.3 Å². The third-order valence-electron chi connectivity index (χ3n) is 3.13. The van der Waals surface area contributed by atoms with Crippen LogP contribution < -0.4 is 14.8 Å². The molecule has 2 rings (SSSR count). The molecule has 0 saturated heterocycles. The van der Waals surface area contributed by atoms with E-state index in [9.17, 15) is 19.3 Å². The predicted molar refractivity (Wildman–Crippen MR) is 85.2 cm³/mol. The lowest BCUT2D eigenvalue weighted by Crippen LogP contribution is -2.12. The summed E-state index contributed by atoms with van der Waals surface area (Å²) in [5, 5.41) is 13.2. The van der Waals surface area contributed by atoms with Gasteiger partial charge in [-0.2, -0.15) is 4.39 Å². The highest BCUT2D eigenvalue weighted by Gasteiger charge is 2.16. The van der Waals surface area contributed by atoms with Crippen LogP contribution in [0.25, 0.3) is 0 Å². The van der Waals surface area contributed by atoms with Crippen LogP contribution in [-0.4, -0.2) is 24.5 Å². The molecule has 0 unspecified atom stereocenters. The van der Waals surface area contributed by atoms with Crippen LogP contribution >= 0.6 is 0 Å². The Kier molecular flexibility index (Phi) is 5.31. The maximum atomic E-state index is 13.3. The number of amides is 1. The van der Waals surface area contributed by atoms with Crippen molar-refractivity contribution in [2.45, 2.75) is 6.92 Å². The third-order valence-corrected chi connectivity index (χ3v) is 3.13. The van der Waals surface area contributed by atoms with E-state index in [1.54, 1.807) is 6.07 Å². The largest absolute Gasteiger partial charge is 0.493 e. The smallest absolute Gasteiger partial charge is 0.306 e. The van der Waals surface area contributed by atoms with E-state index in [4.69, 9.17) is 9.47 Å². The van der Waals surface area contributed by atoms with E-state index < -0.39 is 22.3 Å². The predicted octanol–water partition coefficient (Wildman–Crippen LogP) is 3.39. The highest BCUT2D eigenvalue weighted by atomic mass is 19.1. The van der Waals surface area contributed by atoms with Gasteiger partial charge in [0.05, 0.1) is 18.6 Å². The average Bonchev–Trinajstić information content (AvgIpc) is 2.56. The topological polar surface area (TPSA) is 90.7 Å². The molecule has 24 heavy (non-hydrogen) atoms. The number of methoxy groups -OCH3 is 1. The van der Waals surface area contributed by atoms with Crippen molar-refractivity contribution in [1.82, 2.24) is 0 Å². The molecule has 0 aromatic heterocycles. The highest BCUT2D eigenvalue weighted by Crippen LogP contribution is 2.28. The van der Waals surface area contributed by atoms with Crippen LogP contribution in [0.4, 0.5) is 15.8 Å². The Hall–Kier alpha value is -3.16. The minimum atomic E-state index is -0.972. The van der Waals surface area contributed by atoms with E-state index in [-0.39, 0.29) is 11.3 Å². The molecule has 7 nitrogen and oxygen atoms in total. The number of benzene rings is 2. The van der Waals surface area contributed by atoms with Crippen molar-refractivity contribution < 1.29 is 23.6 Å². The van der Waals surface area contributed by atoms with E-state index in [0.717, 1.165) is 12.1 Å². The molecule has 0 bridgehead atoms. The van der Waals surface area contributed by atoms with Gasteiger partial charge in [-0.25, -0.2) is 0 Å². The lowest BCUT2D eigenvalue weighted by molar-refractivity contribution is -0.387. The summed E-state index contributed by atoms with van der Waals surface area (Å²) in [6.07, 6.45) is 0. The number of nitro benzene ring substituents is 1. The van der Waals surface area contributed by atoms with Gasteiger partial charge in [-0.15, -0.1) is 0 Å². The molecule has 0 saturated carbocycles. The summed E-state index contributed by atoms with van der Waals surface area (Å²) in [4.78, 5) is 22.1. The zero-order valence-electron chi connectivity index (χ0n) is 13.0. The van der Waals surface area contributed by atoms with Crippen molar-refractivity contribution in [3.63, 3.8) is 0 Å². The van der Waals surface area contributed by atoms with Crippen LogP contribution in [0, 0.1) is 15.9 Å². The first-order valence-electron chi connectivity index (χ1n) is 7.02. The molecule has 0 atom stereocenters. The van der Waals surface area contributed by atoms with Crippen LogP contribution in [0.15, 0.2) is 36.4 Å². The van der Waals surface area contributed by atoms with Crippen molar-refractivity contribution in [3.8, 4) is 11.5 Å². The molecule has 1 amide bonds. The second-order valence-corrected chi connectivity index (χ2v) is 4.68. The van der Waals surface area contributed by atoms with E-state index in [1.165, 1.54) is 25.3 Å². The number of nitro groups is 1. The fourth-order valence-corrected chi connectivity index (χ4v) is 2.02. The Morgan fingerprint density at radius 2 is 2.00 bits per heavy atom. The van der Waals surface area contributed by atoms with Crippen LogP contribution in [0.1, 0.15) is 17.3 Å². The second kappa shape index (κ2) is 7.40. The number of rotatable bonds is 6. The SMILES string of the molecule is CCOc1ccc(C(=O)Nc2ccc(F)c([N+](=O)[O-])c2)cc1OC. The van der Waals surface area contributed by atoms with Gasteiger partial charge in [-0.3, -0.25) is 14.9 Å². The van der Waals surface area contributed by atoms with Crippen molar-refractivity contribution >= 4 is 17.3 Å². The van der Waals surface area contributed by atoms with Crippen LogP contribution in [-0.2, 0) is 0 Å². The molecule has 0 aliphatic rings. The Labute approximate surface area is 137 Å². The number of nitrogens with one attached hydrogen (secondary N) is 1. The lowest BCUT2D eigenvalue weighted by atomic mass is 10.1. The Morgan fingerprint density at radius 3 is 2.62 bits per heavy atom. The van der Waals surface area contributed by atoms with Crippen molar-refractivity contribution in [1.29, 1.82) is 0 Å². The molecular weight excluding hydrogens is 319 g/mol. The van der Waals surface area contributed by atoms with Crippen LogP contribution in [0.2, 0.25) is 0 Å². The first kappa shape index (κ1) is 17.2. The van der Waals surface area contributed by atoms with Gasteiger partial charge in [0.2, 0.25) is 5.82 Å². The van der Waals surface area contributed by atoms with Gasteiger partial charge in [0.25, 0.3) is 5.91 Å². The number of hydrogen-bond acceptors (Lipinski definition) is 5. The van der Waals surface area contributed by atoms with Gasteiger partial charge in [-0.05, 0) is 37.3 Å². The molecule has 0 radical (unpaired) electrons. The van der Waals surface area contributed by atoms with Gasteiger partial charge < -0.3 is 14.8 Å². The van der Waals surface area contributed by atoms with Crippen molar-refractivity contribution in [2.24, 2.45) is 0 Å². The van der Waals surface area contributed by atoms with Crippen molar-refractivity contribution in [2.75, 3.05) is 19.0 Å². The maximum Gasteiger partial charge on any atom is 0.306 e. The first-order chi connectivity index (χ1) is 11.5. The first-order valence-corrected chi connectivity index (χ1v) is 7.02. The van der Waals surface area contributed by atoms with Gasteiger partial charge >= 0.3 is 5.69 Å². The summed E-state index contributed by atoms with van der Waals surface area (Å²) in [6, 6.07) is 7.72. The average molecular weight is 334 g/mol. The summed E-state index contributed by atoms with van der Waals surface area (Å²) < 4.78 is 23.8. The molecule has 0 aliphatic heterocycles. The zero-order valence-corrected chi connectivity index (χ0v) is 13.0. The lowest BCUT2D eigenvalue weighted by Gasteiger charge is -2.11. The number of carbonyl (C=O) groups is 1. The standard InChI is InChI=1S/C16H15FN2O5/c1-3-24-14-7-4-10(8-15(14)23-2)16(20)18-11-5-6-12(17)13(9-11)19(21)22/h4-9H,3H2,1-2H3,(H,18,20). The summed E-state index contributed by atoms with van der Waals surface area (Å²) in [6.45, 7) is 2.27. The fourth-order valence-electron chi connectivity index (χ4n) is 2.02. The summed E-state index contributed by atoms with van der Waals surface area (Å²) in [7, 11) is 1.45. The Bertz CT molecular complexity index is 779. The zero-order chi connectivity index (χ0) is 17.7. The minimum Gasteiger partial charge on any atom is -0.493 e. The van der Waals surface area contributed by atoms with E-state index in [1.807, 2.05) is 6.92 Å². The van der Waals surface area contributed by atoms with E-state index >= 15 is 0 Å². The Morgan fingerprint density at radius 1 is 1.25 bits per heavy atom. The third kappa shape index (κ3) is 3.78. The number of hydrogen-bond donors (Lipinski definition) is 1. The van der Waals surface area contributed by atoms with E-state index in [2.05, 4.69) is 5.32 Å². The molecule has 1 N–H and O–H groups in total. The van der Waals surface area contributed by atoms with Gasteiger partial charge in [0.1, 0.15) is 0 Å². The molecular formula is C16H15FN2O5. The molecule has 2 aromatic rings. The number of carbonyl (C=O) groups excluding carboxylic acids is 1. The number of anilines is 1. The quantitative estimate of drug-likeness (QED) is 0.646. The maximum absolute atomic E-state index is 13.3. The monoisotopic (exact) mass is 334 g/mol. The summed E-state index contributed by atoms with van der Waals surface area (Å²) in [5.41, 5.74) is -0.333. The van der Waals surface area contributed by atoms with Crippen LogP contribution in [0.5, 0.6) is 11.5 Å². The van der Waals surface area contributed by atoms with Crippen molar-refractivity contribution in [3.05, 3.63) is 57.9 Å². The number of ether oxygens (including phenoxy) is 2. The molecule has 126 valence electrons. The molecule has 0 spiro atoms. The van der Waals surface area contributed by atoms with E-state index in [0.29, 0.717) is 18.1 Å². The molecule has 0 aliphatic carbocycles. The number of halogens is 1. The minimum absolute atomic E-state index is 0.112. The molecule has 0 heterocycles. The summed E-state index contributed by atoms with van der Waals surface area (Å²) >= 11 is 0. The van der Waals surface area contributed by atoms with Crippen LogP contribution in [0.3, 0.4) is 0 Å². The van der Waals surface area contributed by atoms with Gasteiger partial charge in [0.15, 0.2) is 11.5 Å². The highest BCUT2D eigenvalue weighted by molar-refractivity contribution is 6.04. The fraction of sp³-hybridized carbons (Fsp3) is 0.188. The van der Waals surface area contributed by atoms with Gasteiger partial charge in [-0.1, -0.05) is 0 Å². The normalized spacial score (nSPS) is 10.1. The second-order valence-electron chi connectivity index (χ2n) is 4.68. The summed E-state index contributed by atoms with van der Waals surface area (Å²) in [5.74, 6) is -0.610. The number of nitrogens with zero attached hydrogens (tertiary/aromatic N) is 1. The molecule has 0 fully saturated rings. The Balaban J connectivity index is 2.24.